The van der Waals surface area contributed by atoms with Crippen LogP contribution >= 0.6 is 0 Å². The van der Waals surface area contributed by atoms with E-state index in [1.54, 1.807) is 0 Å². The van der Waals surface area contributed by atoms with Gasteiger partial charge in [0, 0.05) is 13.8 Å². The number of ketones is 1. The van der Waals surface area contributed by atoms with Gasteiger partial charge in [-0.1, -0.05) is 0 Å². The fourth-order valence-corrected chi connectivity index (χ4v) is 0.921. The summed E-state index contributed by atoms with van der Waals surface area (Å²) in [5.74, 6) is -3.15. The van der Waals surface area contributed by atoms with Gasteiger partial charge in [-0.25, -0.2) is 0 Å². The fourth-order valence-electron chi connectivity index (χ4n) is 0.921. The molecule has 1 aromatic carbocycles. The van der Waals surface area contributed by atoms with Gasteiger partial charge >= 0.3 is 0 Å². The van der Waals surface area contributed by atoms with E-state index >= 15 is 0 Å². The van der Waals surface area contributed by atoms with E-state index in [9.17, 15) is 4.79 Å². The minimum atomic E-state index is -3.52. The van der Waals surface area contributed by atoms with Crippen molar-refractivity contribution in [1.29, 1.82) is 0 Å². The Morgan fingerprint density at radius 1 is 1.73 bits per heavy atom. The number of benzene rings is 1. The predicted molar refractivity (Wildman–Crippen MR) is 55.4 cm³/mol. The van der Waals surface area contributed by atoms with E-state index in [0.717, 1.165) is 0 Å². The summed E-state index contributed by atoms with van der Waals surface area (Å²) in [4.78, 5) is 12.8. The van der Waals surface area contributed by atoms with Crippen LogP contribution in [0.15, 0.2) is 18.1 Å². The second-order valence-electron chi connectivity index (χ2n) is 2.52. The third-order valence-corrected chi connectivity index (χ3v) is 1.61. The zero-order valence-electron chi connectivity index (χ0n) is 19.2. The summed E-state index contributed by atoms with van der Waals surface area (Å²) in [7, 11) is 0. The Bertz CT molecular complexity index is 801. The molecule has 0 bridgehead atoms. The first-order chi connectivity index (χ1) is 11.9. The molecular formula is C11H13NO3. The molecule has 1 N–H and O–H groups in total. The molecule has 80 valence electrons. The van der Waals surface area contributed by atoms with Crippen LogP contribution in [0.4, 0.5) is 0 Å². The Kier molecular flexibility index (Phi) is 0.775. The number of ether oxygens (including phenoxy) is 2. The van der Waals surface area contributed by atoms with Gasteiger partial charge < -0.3 is 14.8 Å². The molecule has 1 aromatic rings. The predicted octanol–water partition coefficient (Wildman–Crippen LogP) is 1.21. The third kappa shape index (κ3) is 1.80. The molecule has 0 spiro atoms. The van der Waals surface area contributed by atoms with Crippen molar-refractivity contribution in [3.8, 4) is 11.5 Å². The van der Waals surface area contributed by atoms with Gasteiger partial charge in [0.2, 0.25) is 6.75 Å². The van der Waals surface area contributed by atoms with Crippen LogP contribution in [-0.4, -0.2) is 25.5 Å². The molecule has 1 aliphatic rings. The van der Waals surface area contributed by atoms with Gasteiger partial charge in [-0.15, -0.1) is 0 Å². The maximum atomic E-state index is 12.8. The van der Waals surface area contributed by atoms with Crippen molar-refractivity contribution in [2.45, 2.75) is 12.9 Å². The molecule has 0 saturated carbocycles. The number of rotatable bonds is 3. The average Bonchev–Trinajstić information content (AvgIpc) is 2.78. The molecule has 1 atom stereocenters. The number of fused-ring (bicyclic) bond motifs is 1. The van der Waals surface area contributed by atoms with Crippen LogP contribution in [0.1, 0.15) is 33.7 Å². The van der Waals surface area contributed by atoms with E-state index in [1.165, 1.54) is 5.32 Å². The van der Waals surface area contributed by atoms with Crippen LogP contribution in [0.5, 0.6) is 11.5 Å². The average molecular weight is 219 g/mol. The molecule has 1 aliphatic heterocycles. The summed E-state index contributed by atoms with van der Waals surface area (Å²) in [6, 6.07) is -6.38. The zero-order valence-corrected chi connectivity index (χ0v) is 7.22. The maximum absolute atomic E-state index is 12.8. The van der Waals surface area contributed by atoms with E-state index < -0.39 is 67.6 Å². The number of Topliss-reactive ketones (excluding diaryl/α,β-unsaturated/α-hetero) is 1. The monoisotopic (exact) mass is 219 g/mol. The molecule has 4 heteroatoms. The number of carbonyl (C=O) groups is 1. The molecule has 2 rings (SSSR count). The van der Waals surface area contributed by atoms with Gasteiger partial charge in [0.05, 0.1) is 11.5 Å². The number of hydrogen-bond donors (Lipinski definition) is 1. The number of likely N-dealkylation sites (N-methyl/N-ethyl adjacent to an activating group) is 1. The van der Waals surface area contributed by atoms with Crippen LogP contribution in [0.2, 0.25) is 0 Å². The second-order valence-corrected chi connectivity index (χ2v) is 2.52. The quantitative estimate of drug-likeness (QED) is 0.776. The zero-order chi connectivity index (χ0) is 21.2. The first kappa shape index (κ1) is 2.98. The molecule has 0 amide bonds. The van der Waals surface area contributed by atoms with Gasteiger partial charge in [-0.2, -0.15) is 0 Å². The lowest BCUT2D eigenvalue weighted by molar-refractivity contribution is 0.0954. The summed E-state index contributed by atoms with van der Waals surface area (Å²) < 4.78 is 99.1. The topological polar surface area (TPSA) is 47.6 Å². The van der Waals surface area contributed by atoms with Crippen LogP contribution in [0.3, 0.4) is 0 Å². The molecule has 1 heterocycles. The highest BCUT2D eigenvalue weighted by Gasteiger charge is 2.18. The van der Waals surface area contributed by atoms with Crippen molar-refractivity contribution in [3.63, 3.8) is 0 Å². The minimum Gasteiger partial charge on any atom is -0.454 e. The smallest absolute Gasteiger partial charge is 0.231 e. The molecular weight excluding hydrogens is 194 g/mol. The highest BCUT2D eigenvalue weighted by molar-refractivity contribution is 6.00. The van der Waals surface area contributed by atoms with Gasteiger partial charge in [0.15, 0.2) is 17.3 Å². The summed E-state index contributed by atoms with van der Waals surface area (Å²) in [5.41, 5.74) is -1.08. The largest absolute Gasteiger partial charge is 0.454 e. The SMILES string of the molecule is [2H]c1c([2H])c(C(=O)C([2H])(NC([2H])([2H])[2H])C([2H])([2H])[2H])c([2H])c2c1OC([2H])([2H])O2. The lowest BCUT2D eigenvalue weighted by Gasteiger charge is -2.09. The lowest BCUT2D eigenvalue weighted by atomic mass is 10.1. The van der Waals surface area contributed by atoms with Crippen LogP contribution in [0.25, 0.3) is 0 Å². The molecule has 0 saturated heterocycles. The summed E-state index contributed by atoms with van der Waals surface area (Å²) in [6.45, 7) is -9.54. The van der Waals surface area contributed by atoms with E-state index in [4.69, 9.17) is 16.4 Å². The summed E-state index contributed by atoms with van der Waals surface area (Å²) >= 11 is 0. The van der Waals surface area contributed by atoms with Crippen molar-refractivity contribution >= 4 is 5.78 Å². The van der Waals surface area contributed by atoms with Gasteiger partial charge in [0.25, 0.3) is 0 Å². The molecule has 0 aliphatic carbocycles. The summed E-state index contributed by atoms with van der Waals surface area (Å²) in [5, 5.41) is 1.41. The van der Waals surface area contributed by atoms with Crippen molar-refractivity contribution < 1.29 is 30.7 Å². The molecule has 0 radical (unpaired) electrons. The highest BCUT2D eigenvalue weighted by atomic mass is 16.7. The lowest BCUT2D eigenvalue weighted by Crippen LogP contribution is -2.30. The van der Waals surface area contributed by atoms with Gasteiger partial charge in [-0.05, 0) is 32.0 Å². The van der Waals surface area contributed by atoms with Crippen molar-refractivity contribution in [3.05, 3.63) is 23.7 Å². The first-order valence-electron chi connectivity index (χ1n) is 9.77. The molecule has 1 unspecified atom stereocenters. The number of hydrogen-bond acceptors (Lipinski definition) is 4. The summed E-state index contributed by atoms with van der Waals surface area (Å²) in [6.07, 6.45) is 0. The molecule has 0 fully saturated rings. The maximum Gasteiger partial charge on any atom is 0.231 e. The van der Waals surface area contributed by atoms with E-state index in [0.29, 0.717) is 0 Å². The molecule has 0 aromatic heterocycles. The van der Waals surface area contributed by atoms with Crippen molar-refractivity contribution in [2.75, 3.05) is 13.7 Å². The van der Waals surface area contributed by atoms with Crippen molar-refractivity contribution in [1.82, 2.24) is 5.32 Å². The minimum absolute atomic E-state index is 0.639. The van der Waals surface area contributed by atoms with Crippen molar-refractivity contribution in [2.24, 2.45) is 0 Å². The first-order valence-corrected chi connectivity index (χ1v) is 3.77. The van der Waals surface area contributed by atoms with Crippen LogP contribution in [0, 0.1) is 0 Å². The van der Waals surface area contributed by atoms with Crippen LogP contribution < -0.4 is 14.8 Å². The van der Waals surface area contributed by atoms with Gasteiger partial charge in [-0.3, -0.25) is 4.79 Å². The van der Waals surface area contributed by atoms with E-state index in [-0.39, 0.29) is 0 Å². The van der Waals surface area contributed by atoms with E-state index in [2.05, 4.69) is 9.47 Å². The number of nitrogens with one attached hydrogen (secondary N) is 1. The van der Waals surface area contributed by atoms with Gasteiger partial charge in [0.1, 0.15) is 2.74 Å². The molecule has 15 heavy (non-hydrogen) atoms. The Morgan fingerprint density at radius 2 is 2.60 bits per heavy atom. The fraction of sp³-hybridized carbons (Fsp3) is 0.364. The Morgan fingerprint density at radius 3 is 3.40 bits per heavy atom. The second kappa shape index (κ2) is 3.90. The number of carbonyl (C=O) groups excluding carboxylic acids is 1. The highest BCUT2D eigenvalue weighted by Crippen LogP contribution is 2.32. The third-order valence-electron chi connectivity index (χ3n) is 1.61. The Hall–Kier alpha value is -1.55. The Balaban J connectivity index is 2.71. The van der Waals surface area contributed by atoms with Crippen LogP contribution in [-0.2, 0) is 0 Å². The van der Waals surface area contributed by atoms with E-state index in [1.807, 2.05) is 0 Å². The molecule has 4 nitrogen and oxygen atoms in total. The Labute approximate surface area is 105 Å². The normalized spacial score (nSPS) is 33.9. The standard InChI is InChI=1S/C11H13NO3/c1-7(12-2)11(13)8-3-4-9-10(5-8)15-6-14-9/h3-5,7,12H,6H2,1-2H3/i1D3,2D3,3D,4D,5D,6D2,7D.